The summed E-state index contributed by atoms with van der Waals surface area (Å²) in [5.41, 5.74) is -0.139. The van der Waals surface area contributed by atoms with Crippen LogP contribution in [0, 0.1) is 5.82 Å². The number of amides is 1. The first-order valence-corrected chi connectivity index (χ1v) is 4.95. The van der Waals surface area contributed by atoms with E-state index < -0.39 is 22.0 Å². The van der Waals surface area contributed by atoms with E-state index in [0.717, 1.165) is 18.2 Å². The van der Waals surface area contributed by atoms with Gasteiger partial charge in [0, 0.05) is 0 Å². The number of carbonyl (C=O) groups is 1. The maximum absolute atomic E-state index is 12.7. The summed E-state index contributed by atoms with van der Waals surface area (Å²) in [6, 6.07) is 2.99. The summed E-state index contributed by atoms with van der Waals surface area (Å²) in [7, 11) is -4.08. The summed E-state index contributed by atoms with van der Waals surface area (Å²) >= 11 is 0. The second-order valence-electron chi connectivity index (χ2n) is 2.61. The molecule has 1 heterocycles. The second-order valence-corrected chi connectivity index (χ2v) is 3.89. The first-order chi connectivity index (χ1) is 6.48. The fraction of sp³-hybridized carbons (Fsp3) is 0. The maximum Gasteiger partial charge on any atom is 0.410 e. The van der Waals surface area contributed by atoms with Crippen molar-refractivity contribution in [2.75, 3.05) is 0 Å². The van der Waals surface area contributed by atoms with Gasteiger partial charge in [0.1, 0.15) is 5.82 Å². The molecule has 0 aromatic heterocycles. The van der Waals surface area contributed by atoms with E-state index in [2.05, 4.69) is 4.18 Å². The zero-order valence-electron chi connectivity index (χ0n) is 6.65. The quantitative estimate of drug-likeness (QED) is 0.673. The molecular formula is C7H4FNO4S. The summed E-state index contributed by atoms with van der Waals surface area (Å²) < 4.78 is 40.4. The average Bonchev–Trinajstić information content (AvgIpc) is 2.05. The minimum atomic E-state index is -4.08. The first kappa shape index (κ1) is 8.95. The van der Waals surface area contributed by atoms with E-state index in [0.29, 0.717) is 0 Å². The molecule has 0 fully saturated rings. The van der Waals surface area contributed by atoms with Gasteiger partial charge in [-0.25, -0.2) is 9.11 Å². The number of benzene rings is 1. The maximum atomic E-state index is 12.7. The molecule has 14 heavy (non-hydrogen) atoms. The number of fused-ring (bicyclic) bond motifs is 1. The van der Waals surface area contributed by atoms with Crippen molar-refractivity contribution in [3.05, 3.63) is 29.6 Å². The second kappa shape index (κ2) is 2.68. The minimum absolute atomic E-state index is 0.139. The fourth-order valence-electron chi connectivity index (χ4n) is 1.06. The number of carbonyl (C=O) groups excluding carboxylic acids is 1. The van der Waals surface area contributed by atoms with Gasteiger partial charge in [0.15, 0.2) is 5.75 Å². The van der Waals surface area contributed by atoms with E-state index in [1.54, 1.807) is 4.72 Å². The molecule has 2 rings (SSSR count). The molecule has 0 aliphatic carbocycles. The van der Waals surface area contributed by atoms with Gasteiger partial charge >= 0.3 is 10.3 Å². The van der Waals surface area contributed by atoms with Gasteiger partial charge in [-0.1, -0.05) is 0 Å². The molecule has 1 aromatic carbocycles. The van der Waals surface area contributed by atoms with Crippen molar-refractivity contribution in [3.63, 3.8) is 0 Å². The van der Waals surface area contributed by atoms with Crippen molar-refractivity contribution < 1.29 is 21.8 Å². The number of rotatable bonds is 0. The third kappa shape index (κ3) is 1.41. The van der Waals surface area contributed by atoms with Gasteiger partial charge in [-0.3, -0.25) is 4.79 Å². The van der Waals surface area contributed by atoms with Gasteiger partial charge in [0.05, 0.1) is 5.56 Å². The van der Waals surface area contributed by atoms with Crippen molar-refractivity contribution in [3.8, 4) is 5.75 Å². The molecule has 0 saturated heterocycles. The molecule has 1 aliphatic heterocycles. The number of halogens is 1. The lowest BCUT2D eigenvalue weighted by atomic mass is 10.2. The van der Waals surface area contributed by atoms with Crippen LogP contribution >= 0.6 is 0 Å². The van der Waals surface area contributed by atoms with Crippen molar-refractivity contribution in [1.82, 2.24) is 4.72 Å². The smallest absolute Gasteiger partial charge is 0.366 e. The molecular weight excluding hydrogens is 213 g/mol. The fourth-order valence-corrected chi connectivity index (χ4v) is 1.82. The Hall–Kier alpha value is -1.63. The largest absolute Gasteiger partial charge is 0.410 e. The minimum Gasteiger partial charge on any atom is -0.366 e. The molecule has 0 spiro atoms. The lowest BCUT2D eigenvalue weighted by Gasteiger charge is -2.16. The highest BCUT2D eigenvalue weighted by atomic mass is 32.2. The average molecular weight is 217 g/mol. The first-order valence-electron chi connectivity index (χ1n) is 3.54. The van der Waals surface area contributed by atoms with Gasteiger partial charge in [-0.15, -0.1) is 0 Å². The summed E-state index contributed by atoms with van der Waals surface area (Å²) in [5.74, 6) is -1.71. The highest BCUT2D eigenvalue weighted by Gasteiger charge is 2.28. The lowest BCUT2D eigenvalue weighted by Crippen LogP contribution is -2.38. The van der Waals surface area contributed by atoms with E-state index in [-0.39, 0.29) is 11.3 Å². The highest BCUT2D eigenvalue weighted by molar-refractivity contribution is 7.85. The predicted octanol–water partition coefficient (Wildman–Crippen LogP) is 0.193. The van der Waals surface area contributed by atoms with Crippen molar-refractivity contribution in [2.24, 2.45) is 0 Å². The van der Waals surface area contributed by atoms with Crippen molar-refractivity contribution in [1.29, 1.82) is 0 Å². The topological polar surface area (TPSA) is 72.5 Å². The van der Waals surface area contributed by atoms with E-state index in [1.807, 2.05) is 0 Å². The standard InChI is InChI=1S/C7H4FNO4S/c8-4-1-2-6-5(3-4)7(10)9-14(11,12)13-6/h1-3H,(H,9,10). The Labute approximate surface area is 78.8 Å². The molecule has 5 nitrogen and oxygen atoms in total. The van der Waals surface area contributed by atoms with Gasteiger partial charge in [-0.05, 0) is 18.2 Å². The third-order valence-electron chi connectivity index (χ3n) is 1.60. The van der Waals surface area contributed by atoms with E-state index in [1.165, 1.54) is 0 Å². The molecule has 0 atom stereocenters. The van der Waals surface area contributed by atoms with Crippen LogP contribution in [0.15, 0.2) is 18.2 Å². The molecule has 0 unspecified atom stereocenters. The normalized spacial score (nSPS) is 17.9. The van der Waals surface area contributed by atoms with Gasteiger partial charge < -0.3 is 4.18 Å². The Bertz CT molecular complexity index is 510. The van der Waals surface area contributed by atoms with E-state index >= 15 is 0 Å². The summed E-state index contributed by atoms with van der Waals surface area (Å²) in [4.78, 5) is 11.1. The molecule has 1 amide bonds. The zero-order valence-corrected chi connectivity index (χ0v) is 7.47. The number of hydrogen-bond donors (Lipinski definition) is 1. The Kier molecular flexibility index (Phi) is 1.71. The summed E-state index contributed by atoms with van der Waals surface area (Å²) in [5, 5.41) is 0. The van der Waals surface area contributed by atoms with Crippen LogP contribution in [0.1, 0.15) is 10.4 Å². The van der Waals surface area contributed by atoms with Crippen molar-refractivity contribution in [2.45, 2.75) is 0 Å². The van der Waals surface area contributed by atoms with E-state index in [4.69, 9.17) is 0 Å². The van der Waals surface area contributed by atoms with Crippen LogP contribution < -0.4 is 8.91 Å². The number of hydrogen-bond acceptors (Lipinski definition) is 4. The highest BCUT2D eigenvalue weighted by Crippen LogP contribution is 2.24. The Morgan fingerprint density at radius 3 is 2.79 bits per heavy atom. The Balaban J connectivity index is 2.62. The molecule has 0 bridgehead atoms. The molecule has 1 aromatic rings. The van der Waals surface area contributed by atoms with Crippen LogP contribution in [-0.2, 0) is 10.3 Å². The van der Waals surface area contributed by atoms with Crippen LogP contribution in [0.25, 0.3) is 0 Å². The molecule has 74 valence electrons. The van der Waals surface area contributed by atoms with E-state index in [9.17, 15) is 17.6 Å². The van der Waals surface area contributed by atoms with Gasteiger partial charge in [0.2, 0.25) is 0 Å². The van der Waals surface area contributed by atoms with Gasteiger partial charge in [0.25, 0.3) is 5.91 Å². The zero-order chi connectivity index (χ0) is 10.3. The monoisotopic (exact) mass is 217 g/mol. The Morgan fingerprint density at radius 1 is 1.36 bits per heavy atom. The summed E-state index contributed by atoms with van der Waals surface area (Å²) in [6.07, 6.45) is 0. The van der Waals surface area contributed by atoms with Crippen LogP contribution in [0.4, 0.5) is 4.39 Å². The SMILES string of the molecule is O=C1NS(=O)(=O)Oc2ccc(F)cc21. The lowest BCUT2D eigenvalue weighted by molar-refractivity contribution is 0.0970. The summed E-state index contributed by atoms with van der Waals surface area (Å²) in [6.45, 7) is 0. The van der Waals surface area contributed by atoms with Crippen LogP contribution in [0.2, 0.25) is 0 Å². The number of nitrogens with one attached hydrogen (secondary N) is 1. The molecule has 7 heteroatoms. The molecule has 1 N–H and O–H groups in total. The molecule has 0 saturated carbocycles. The predicted molar refractivity (Wildman–Crippen MR) is 43.4 cm³/mol. The van der Waals surface area contributed by atoms with Crippen LogP contribution in [0.3, 0.4) is 0 Å². The molecule has 0 radical (unpaired) electrons. The van der Waals surface area contributed by atoms with Crippen LogP contribution in [0.5, 0.6) is 5.75 Å². The Morgan fingerprint density at radius 2 is 2.07 bits per heavy atom. The van der Waals surface area contributed by atoms with Crippen molar-refractivity contribution >= 4 is 16.2 Å². The van der Waals surface area contributed by atoms with Crippen LogP contribution in [-0.4, -0.2) is 14.3 Å². The van der Waals surface area contributed by atoms with Gasteiger partial charge in [-0.2, -0.15) is 8.42 Å². The molecule has 1 aliphatic rings. The third-order valence-corrected chi connectivity index (χ3v) is 2.44.